The highest BCUT2D eigenvalue weighted by molar-refractivity contribution is 6.07. The Morgan fingerprint density at radius 3 is 2.50 bits per heavy atom. The summed E-state index contributed by atoms with van der Waals surface area (Å²) < 4.78 is 10.2. The highest BCUT2D eigenvalue weighted by Gasteiger charge is 2.49. The Bertz CT molecular complexity index is 958. The number of urea groups is 1. The van der Waals surface area contributed by atoms with Gasteiger partial charge in [0.1, 0.15) is 5.54 Å². The molecule has 1 atom stereocenters. The molecule has 1 aliphatic rings. The van der Waals surface area contributed by atoms with Crippen molar-refractivity contribution in [3.05, 3.63) is 59.7 Å². The molecule has 0 radical (unpaired) electrons. The summed E-state index contributed by atoms with van der Waals surface area (Å²) in [5, 5.41) is 7.49. The summed E-state index contributed by atoms with van der Waals surface area (Å²) in [4.78, 5) is 36.2. The van der Waals surface area contributed by atoms with E-state index >= 15 is 0 Å². The van der Waals surface area contributed by atoms with E-state index in [0.29, 0.717) is 16.9 Å². The van der Waals surface area contributed by atoms with Crippen molar-refractivity contribution < 1.29 is 23.9 Å². The fourth-order valence-electron chi connectivity index (χ4n) is 2.82. The molecule has 0 saturated carbocycles. The average Bonchev–Trinajstić information content (AvgIpc) is 2.90. The van der Waals surface area contributed by atoms with Crippen LogP contribution in [0.1, 0.15) is 25.0 Å². The summed E-state index contributed by atoms with van der Waals surface area (Å²) in [5.41, 5.74) is 0.0344. The van der Waals surface area contributed by atoms with Crippen LogP contribution in [0.25, 0.3) is 0 Å². The number of hydrogen-bond acceptors (Lipinski definition) is 6. The van der Waals surface area contributed by atoms with E-state index in [1.165, 1.54) is 20.2 Å². The zero-order chi connectivity index (χ0) is 20.3. The van der Waals surface area contributed by atoms with Crippen molar-refractivity contribution in [1.29, 1.82) is 0 Å². The molecule has 28 heavy (non-hydrogen) atoms. The van der Waals surface area contributed by atoms with Crippen LogP contribution >= 0.6 is 0 Å². The van der Waals surface area contributed by atoms with E-state index in [-0.39, 0.29) is 5.75 Å². The third-order valence-corrected chi connectivity index (χ3v) is 4.28. The Morgan fingerprint density at radius 1 is 1.14 bits per heavy atom. The summed E-state index contributed by atoms with van der Waals surface area (Å²) in [6, 6.07) is 13.1. The van der Waals surface area contributed by atoms with Crippen LogP contribution in [0.2, 0.25) is 0 Å². The van der Waals surface area contributed by atoms with Crippen LogP contribution in [0.3, 0.4) is 0 Å². The lowest BCUT2D eigenvalue weighted by atomic mass is 9.92. The Hall–Kier alpha value is -3.68. The van der Waals surface area contributed by atoms with Crippen LogP contribution in [0.5, 0.6) is 11.5 Å². The SMILES string of the molecule is COc1cc(/C=N\N2C(=O)N[C@](C)(c3ccccc3)C2=O)ccc1OC(C)=O. The standard InChI is InChI=1S/C20H19N3O5/c1-13(24)28-16-10-9-14(11-17(16)27-3)12-21-23-18(25)20(2,22-19(23)26)15-7-5-4-6-8-15/h4-12H,1-3H3,(H,22,26)/b21-12-/t20-/m1/s1. The molecule has 3 rings (SSSR count). The van der Waals surface area contributed by atoms with E-state index in [9.17, 15) is 14.4 Å². The molecule has 8 nitrogen and oxygen atoms in total. The quantitative estimate of drug-likeness (QED) is 0.371. The first kappa shape index (κ1) is 19.1. The first-order chi connectivity index (χ1) is 13.3. The van der Waals surface area contributed by atoms with Crippen LogP contribution in [0.15, 0.2) is 53.6 Å². The summed E-state index contributed by atoms with van der Waals surface area (Å²) in [6.45, 7) is 2.92. The molecule has 1 heterocycles. The molecular weight excluding hydrogens is 362 g/mol. The maximum absolute atomic E-state index is 12.8. The Labute approximate surface area is 161 Å². The molecule has 0 aromatic heterocycles. The first-order valence-corrected chi connectivity index (χ1v) is 8.48. The van der Waals surface area contributed by atoms with Crippen LogP contribution in [-0.4, -0.2) is 36.2 Å². The number of methoxy groups -OCH3 is 1. The van der Waals surface area contributed by atoms with Gasteiger partial charge in [0.25, 0.3) is 5.91 Å². The monoisotopic (exact) mass is 381 g/mol. The van der Waals surface area contributed by atoms with E-state index in [1.807, 2.05) is 6.07 Å². The number of amides is 3. The molecule has 1 aliphatic heterocycles. The summed E-state index contributed by atoms with van der Waals surface area (Å²) in [7, 11) is 1.44. The number of carbonyl (C=O) groups excluding carboxylic acids is 3. The van der Waals surface area contributed by atoms with Crippen molar-refractivity contribution in [1.82, 2.24) is 10.3 Å². The van der Waals surface area contributed by atoms with Gasteiger partial charge in [0.05, 0.1) is 13.3 Å². The minimum atomic E-state index is -1.19. The molecule has 2 aromatic rings. The molecule has 1 N–H and O–H groups in total. The van der Waals surface area contributed by atoms with Crippen LogP contribution < -0.4 is 14.8 Å². The summed E-state index contributed by atoms with van der Waals surface area (Å²) >= 11 is 0. The van der Waals surface area contributed by atoms with E-state index < -0.39 is 23.4 Å². The number of ether oxygens (including phenoxy) is 2. The Balaban J connectivity index is 1.83. The lowest BCUT2D eigenvalue weighted by Crippen LogP contribution is -2.40. The number of hydrazone groups is 1. The van der Waals surface area contributed by atoms with Crippen molar-refractivity contribution >= 4 is 24.1 Å². The van der Waals surface area contributed by atoms with Crippen molar-refractivity contribution in [2.45, 2.75) is 19.4 Å². The maximum atomic E-state index is 12.8. The third kappa shape index (κ3) is 3.57. The lowest BCUT2D eigenvalue weighted by molar-refractivity contribution is -0.132. The summed E-state index contributed by atoms with van der Waals surface area (Å²) in [6.07, 6.45) is 1.36. The summed E-state index contributed by atoms with van der Waals surface area (Å²) in [5.74, 6) is -0.369. The predicted octanol–water partition coefficient (Wildman–Crippen LogP) is 2.42. The number of imide groups is 1. The molecule has 1 fully saturated rings. The molecule has 0 bridgehead atoms. The van der Waals surface area contributed by atoms with Gasteiger partial charge in [0.2, 0.25) is 0 Å². The zero-order valence-corrected chi connectivity index (χ0v) is 15.6. The van der Waals surface area contributed by atoms with Crippen LogP contribution in [0.4, 0.5) is 4.79 Å². The number of rotatable bonds is 5. The maximum Gasteiger partial charge on any atom is 0.346 e. The van der Waals surface area contributed by atoms with Gasteiger partial charge in [-0.1, -0.05) is 30.3 Å². The highest BCUT2D eigenvalue weighted by atomic mass is 16.6. The van der Waals surface area contributed by atoms with Gasteiger partial charge in [-0.05, 0) is 36.2 Å². The van der Waals surface area contributed by atoms with Crippen molar-refractivity contribution in [2.24, 2.45) is 5.10 Å². The number of nitrogens with one attached hydrogen (secondary N) is 1. The van der Waals surface area contributed by atoms with E-state index in [1.54, 1.807) is 49.4 Å². The predicted molar refractivity (Wildman–Crippen MR) is 101 cm³/mol. The molecule has 2 aromatic carbocycles. The van der Waals surface area contributed by atoms with Gasteiger partial charge in [0.15, 0.2) is 11.5 Å². The van der Waals surface area contributed by atoms with Crippen molar-refractivity contribution in [2.75, 3.05) is 7.11 Å². The Morgan fingerprint density at radius 2 is 1.86 bits per heavy atom. The number of hydrogen-bond donors (Lipinski definition) is 1. The molecule has 1 saturated heterocycles. The first-order valence-electron chi connectivity index (χ1n) is 8.48. The molecular formula is C20H19N3O5. The topological polar surface area (TPSA) is 97.3 Å². The van der Waals surface area contributed by atoms with Gasteiger partial charge < -0.3 is 14.8 Å². The van der Waals surface area contributed by atoms with Crippen molar-refractivity contribution in [3.8, 4) is 11.5 Å². The number of carbonyl (C=O) groups is 3. The largest absolute Gasteiger partial charge is 0.493 e. The number of esters is 1. The minimum absolute atomic E-state index is 0.263. The molecule has 0 spiro atoms. The molecule has 144 valence electrons. The van der Waals surface area contributed by atoms with Gasteiger partial charge in [0, 0.05) is 6.92 Å². The molecule has 3 amide bonds. The smallest absolute Gasteiger partial charge is 0.346 e. The van der Waals surface area contributed by atoms with Gasteiger partial charge in [-0.15, -0.1) is 5.01 Å². The lowest BCUT2D eigenvalue weighted by Gasteiger charge is -2.20. The third-order valence-electron chi connectivity index (χ3n) is 4.28. The van der Waals surface area contributed by atoms with Crippen molar-refractivity contribution in [3.63, 3.8) is 0 Å². The van der Waals surface area contributed by atoms with E-state index in [0.717, 1.165) is 5.01 Å². The van der Waals surface area contributed by atoms with E-state index in [4.69, 9.17) is 9.47 Å². The van der Waals surface area contributed by atoms with Gasteiger partial charge in [-0.2, -0.15) is 5.10 Å². The van der Waals surface area contributed by atoms with Gasteiger partial charge in [-0.25, -0.2) is 4.79 Å². The van der Waals surface area contributed by atoms with Crippen LogP contribution in [0, 0.1) is 0 Å². The second-order valence-electron chi connectivity index (χ2n) is 6.29. The second kappa shape index (κ2) is 7.51. The van der Waals surface area contributed by atoms with Gasteiger partial charge in [-0.3, -0.25) is 9.59 Å². The normalized spacial score (nSPS) is 19.0. The number of benzene rings is 2. The second-order valence-corrected chi connectivity index (χ2v) is 6.29. The van der Waals surface area contributed by atoms with Crippen LogP contribution in [-0.2, 0) is 15.1 Å². The zero-order valence-electron chi connectivity index (χ0n) is 15.6. The molecule has 0 unspecified atom stereocenters. The fourth-order valence-corrected chi connectivity index (χ4v) is 2.82. The average molecular weight is 381 g/mol. The molecule has 0 aliphatic carbocycles. The fraction of sp³-hybridized carbons (Fsp3) is 0.200. The Kier molecular flexibility index (Phi) is 5.12. The highest BCUT2D eigenvalue weighted by Crippen LogP contribution is 2.30. The van der Waals surface area contributed by atoms with Gasteiger partial charge >= 0.3 is 12.0 Å². The number of nitrogens with zero attached hydrogens (tertiary/aromatic N) is 2. The van der Waals surface area contributed by atoms with E-state index in [2.05, 4.69) is 10.4 Å². The molecule has 8 heteroatoms. The minimum Gasteiger partial charge on any atom is -0.493 e.